The van der Waals surface area contributed by atoms with Crippen molar-refractivity contribution in [2.75, 3.05) is 0 Å². The van der Waals surface area contributed by atoms with E-state index in [4.69, 9.17) is 0 Å². The Morgan fingerprint density at radius 1 is 0.340 bits per heavy atom. The van der Waals surface area contributed by atoms with Crippen LogP contribution in [0.4, 0.5) is 0 Å². The van der Waals surface area contributed by atoms with Gasteiger partial charge in [-0.25, -0.2) is 0 Å². The lowest BCUT2D eigenvalue weighted by molar-refractivity contribution is 1.55. The highest BCUT2D eigenvalue weighted by atomic mass is 32.1. The molecule has 8 aromatic carbocycles. The molecule has 0 spiro atoms. The van der Waals surface area contributed by atoms with Crippen molar-refractivity contribution in [2.24, 2.45) is 0 Å². The zero-order valence-corrected chi connectivity index (χ0v) is 28.3. The van der Waals surface area contributed by atoms with Crippen LogP contribution in [-0.2, 0) is 0 Å². The molecule has 0 aliphatic carbocycles. The van der Waals surface area contributed by atoms with Crippen molar-refractivity contribution in [1.29, 1.82) is 0 Å². The van der Waals surface area contributed by atoms with Gasteiger partial charge in [-0.2, -0.15) is 0 Å². The Bertz CT molecular complexity index is 3210. The van der Waals surface area contributed by atoms with Crippen LogP contribution in [0.1, 0.15) is 11.1 Å². The van der Waals surface area contributed by atoms with Gasteiger partial charge in [0.05, 0.1) is 11.0 Å². The first-order valence-corrected chi connectivity index (χ1v) is 18.6. The molecular formula is C46H26N2S2. The summed E-state index contributed by atoms with van der Waals surface area (Å²) in [5.74, 6) is 0. The van der Waals surface area contributed by atoms with E-state index in [-0.39, 0.29) is 0 Å². The molecular weight excluding hydrogens is 645 g/mol. The summed E-state index contributed by atoms with van der Waals surface area (Å²) in [5.41, 5.74) is 7.10. The van der Waals surface area contributed by atoms with Crippen molar-refractivity contribution in [2.45, 2.75) is 0 Å². The number of benzene rings is 8. The normalized spacial score (nSPS) is 12.7. The van der Waals surface area contributed by atoms with Crippen molar-refractivity contribution in [1.82, 2.24) is 9.97 Å². The number of aromatic nitrogens is 2. The second-order valence-electron chi connectivity index (χ2n) is 13.4. The van der Waals surface area contributed by atoms with Gasteiger partial charge in [-0.1, -0.05) is 121 Å². The molecule has 0 amide bonds. The molecule has 50 heavy (non-hydrogen) atoms. The lowest BCUT2D eigenvalue weighted by atomic mass is 10.0. The first kappa shape index (κ1) is 26.9. The summed E-state index contributed by atoms with van der Waals surface area (Å²) in [6, 6.07) is 49.4. The molecule has 0 fully saturated rings. The molecule has 4 heteroatoms. The monoisotopic (exact) mass is 670 g/mol. The molecule has 2 N–H and O–H groups in total. The summed E-state index contributed by atoms with van der Waals surface area (Å²) in [6.07, 6.45) is 4.45. The fraction of sp³-hybridized carbons (Fsp3) is 0. The van der Waals surface area contributed by atoms with E-state index in [9.17, 15) is 0 Å². The second-order valence-corrected chi connectivity index (χ2v) is 15.5. The molecule has 0 atom stereocenters. The summed E-state index contributed by atoms with van der Waals surface area (Å²) in [5, 5.41) is 15.6. The van der Waals surface area contributed by atoms with E-state index in [0.29, 0.717) is 0 Å². The maximum atomic E-state index is 3.80. The van der Waals surface area contributed by atoms with Crippen molar-refractivity contribution >= 4 is 140 Å². The molecule has 0 radical (unpaired) electrons. The minimum Gasteiger partial charge on any atom is -0.354 e. The zero-order valence-electron chi connectivity index (χ0n) is 26.7. The highest BCUT2D eigenvalue weighted by Gasteiger charge is 2.15. The molecule has 0 aliphatic heterocycles. The fourth-order valence-corrected chi connectivity index (χ4v) is 10.8. The average molecular weight is 671 g/mol. The minimum atomic E-state index is 1.16. The fourth-order valence-electron chi connectivity index (χ4n) is 8.36. The van der Waals surface area contributed by atoms with Gasteiger partial charge in [0.25, 0.3) is 0 Å². The number of hydrogen-bond acceptors (Lipinski definition) is 2. The van der Waals surface area contributed by atoms with Crippen LogP contribution in [-0.4, -0.2) is 9.97 Å². The van der Waals surface area contributed by atoms with Gasteiger partial charge in [0.1, 0.15) is 0 Å². The van der Waals surface area contributed by atoms with Crippen LogP contribution in [0.3, 0.4) is 0 Å². The van der Waals surface area contributed by atoms with Gasteiger partial charge in [-0.3, -0.25) is 0 Å². The standard InChI is InChI=1S/C46H26N2S2/c1-3-7-41-29(5-1)35-19-17-33-37(45(35)49-41)21-15-31-27-13-11-25(23-39(27)47-43(31)33)9-10-26-12-14-28-32-16-22-38-34(44(32)48-40(28)24-26)18-20-36-30-6-2-4-8-42(30)50-46(36)38/h1-24,47-48H/b10-9+. The predicted molar refractivity (Wildman–Crippen MR) is 221 cm³/mol. The Hall–Kier alpha value is -5.94. The molecule has 12 rings (SSSR count). The summed E-state index contributed by atoms with van der Waals surface area (Å²) in [7, 11) is 0. The summed E-state index contributed by atoms with van der Waals surface area (Å²) >= 11 is 3.78. The first-order valence-electron chi connectivity index (χ1n) is 17.0. The molecule has 232 valence electrons. The van der Waals surface area contributed by atoms with E-state index in [0.717, 1.165) is 11.0 Å². The number of H-pyrrole nitrogens is 2. The predicted octanol–water partition coefficient (Wildman–Crippen LogP) is 14.2. The van der Waals surface area contributed by atoms with Gasteiger partial charge in [0, 0.05) is 94.5 Å². The number of aromatic amines is 2. The molecule has 0 unspecified atom stereocenters. The number of nitrogens with one attached hydrogen (secondary N) is 2. The zero-order chi connectivity index (χ0) is 32.5. The van der Waals surface area contributed by atoms with Gasteiger partial charge in [-0.05, 0) is 35.4 Å². The van der Waals surface area contributed by atoms with Crippen LogP contribution in [0.25, 0.3) is 118 Å². The van der Waals surface area contributed by atoms with Crippen LogP contribution >= 0.6 is 22.7 Å². The first-order chi connectivity index (χ1) is 24.7. The maximum Gasteiger partial charge on any atom is 0.0545 e. The molecule has 2 nitrogen and oxygen atoms in total. The van der Waals surface area contributed by atoms with Crippen LogP contribution < -0.4 is 0 Å². The van der Waals surface area contributed by atoms with Gasteiger partial charge < -0.3 is 9.97 Å². The topological polar surface area (TPSA) is 31.6 Å². The maximum absolute atomic E-state index is 3.80. The SMILES string of the molecule is C(=C\c1ccc2c(c1)[nH]c1c2ccc2c1ccc1c3ccccc3sc12)/c1ccc2c(c1)[nH]c1c2ccc2c1ccc1c3ccccc3sc12. The Labute approximate surface area is 293 Å². The largest absolute Gasteiger partial charge is 0.354 e. The van der Waals surface area contributed by atoms with Crippen molar-refractivity contribution in [3.8, 4) is 0 Å². The van der Waals surface area contributed by atoms with Crippen LogP contribution in [0.15, 0.2) is 133 Å². The van der Waals surface area contributed by atoms with Gasteiger partial charge in [0.15, 0.2) is 0 Å². The lowest BCUT2D eigenvalue weighted by Gasteiger charge is -2.02. The van der Waals surface area contributed by atoms with Crippen molar-refractivity contribution < 1.29 is 0 Å². The summed E-state index contributed by atoms with van der Waals surface area (Å²) in [4.78, 5) is 7.59. The Balaban J connectivity index is 0.930. The third kappa shape index (κ3) is 3.67. The smallest absolute Gasteiger partial charge is 0.0545 e. The minimum absolute atomic E-state index is 1.16. The molecule has 12 aromatic rings. The quantitative estimate of drug-likeness (QED) is 0.172. The third-order valence-electron chi connectivity index (χ3n) is 10.7. The van der Waals surface area contributed by atoms with Gasteiger partial charge >= 0.3 is 0 Å². The molecule has 0 saturated carbocycles. The van der Waals surface area contributed by atoms with Gasteiger partial charge in [0.2, 0.25) is 0 Å². The Morgan fingerprint density at radius 2 is 0.700 bits per heavy atom. The van der Waals surface area contributed by atoms with E-state index in [1.54, 1.807) is 0 Å². The van der Waals surface area contributed by atoms with E-state index >= 15 is 0 Å². The number of thiophene rings is 2. The Kier molecular flexibility index (Phi) is 5.29. The third-order valence-corrected chi connectivity index (χ3v) is 13.2. The number of hydrogen-bond donors (Lipinski definition) is 2. The van der Waals surface area contributed by atoms with E-state index in [1.165, 1.54) is 106 Å². The van der Waals surface area contributed by atoms with E-state index < -0.39 is 0 Å². The van der Waals surface area contributed by atoms with Crippen molar-refractivity contribution in [3.63, 3.8) is 0 Å². The van der Waals surface area contributed by atoms with Gasteiger partial charge in [-0.15, -0.1) is 22.7 Å². The second kappa shape index (κ2) is 9.82. The van der Waals surface area contributed by atoms with Crippen LogP contribution in [0.2, 0.25) is 0 Å². The Morgan fingerprint density at radius 3 is 1.16 bits per heavy atom. The van der Waals surface area contributed by atoms with E-state index in [2.05, 4.69) is 156 Å². The molecule has 4 aromatic heterocycles. The molecule has 0 saturated heterocycles. The summed E-state index contributed by atoms with van der Waals surface area (Å²) < 4.78 is 5.41. The van der Waals surface area contributed by atoms with Crippen molar-refractivity contribution in [3.05, 3.63) is 145 Å². The number of fused-ring (bicyclic) bond motifs is 18. The van der Waals surface area contributed by atoms with Crippen LogP contribution in [0, 0.1) is 0 Å². The molecule has 4 heterocycles. The van der Waals surface area contributed by atoms with E-state index in [1.807, 2.05) is 22.7 Å². The highest BCUT2D eigenvalue weighted by molar-refractivity contribution is 7.27. The lowest BCUT2D eigenvalue weighted by Crippen LogP contribution is -1.76. The number of rotatable bonds is 2. The highest BCUT2D eigenvalue weighted by Crippen LogP contribution is 2.43. The molecule has 0 bridgehead atoms. The summed E-state index contributed by atoms with van der Waals surface area (Å²) in [6.45, 7) is 0. The van der Waals surface area contributed by atoms with Crippen LogP contribution in [0.5, 0.6) is 0 Å². The molecule has 0 aliphatic rings. The average Bonchev–Trinajstić information content (AvgIpc) is 3.93.